The second-order valence-electron chi connectivity index (χ2n) is 6.37. The highest BCUT2D eigenvalue weighted by Gasteiger charge is 2.26. The van der Waals surface area contributed by atoms with Gasteiger partial charge in [-0.3, -0.25) is 14.6 Å². The Morgan fingerprint density at radius 2 is 1.85 bits per heavy atom. The van der Waals surface area contributed by atoms with Crippen LogP contribution in [-0.2, 0) is 0 Å². The second-order valence-corrected chi connectivity index (χ2v) is 6.80. The van der Waals surface area contributed by atoms with Gasteiger partial charge in [-0.1, -0.05) is 23.7 Å². The normalized spacial score (nSPS) is 18.2. The highest BCUT2D eigenvalue weighted by molar-refractivity contribution is 6.31. The van der Waals surface area contributed by atoms with E-state index in [2.05, 4.69) is 30.6 Å². The van der Waals surface area contributed by atoms with Crippen molar-refractivity contribution in [2.75, 3.05) is 32.7 Å². The molecule has 20 heavy (non-hydrogen) atoms. The maximum atomic E-state index is 12.2. The van der Waals surface area contributed by atoms with Gasteiger partial charge in [0.1, 0.15) is 0 Å². The van der Waals surface area contributed by atoms with Crippen molar-refractivity contribution < 1.29 is 4.79 Å². The number of nitrogens with zero attached hydrogens (tertiary/aromatic N) is 2. The van der Waals surface area contributed by atoms with Gasteiger partial charge in [-0.05, 0) is 32.9 Å². The Labute approximate surface area is 126 Å². The molecule has 1 fully saturated rings. The fourth-order valence-electron chi connectivity index (χ4n) is 2.53. The van der Waals surface area contributed by atoms with E-state index in [-0.39, 0.29) is 11.3 Å². The summed E-state index contributed by atoms with van der Waals surface area (Å²) < 4.78 is 0. The zero-order chi connectivity index (χ0) is 14.8. The van der Waals surface area contributed by atoms with Gasteiger partial charge in [-0.2, -0.15) is 0 Å². The quantitative estimate of drug-likeness (QED) is 0.801. The molecular formula is C16H23ClN2O. The van der Waals surface area contributed by atoms with Crippen LogP contribution in [-0.4, -0.2) is 53.8 Å². The monoisotopic (exact) mass is 294 g/mol. The predicted octanol–water partition coefficient (Wildman–Crippen LogP) is 2.94. The van der Waals surface area contributed by atoms with Gasteiger partial charge in [0.15, 0.2) is 5.78 Å². The Morgan fingerprint density at radius 1 is 1.20 bits per heavy atom. The van der Waals surface area contributed by atoms with Crippen LogP contribution in [0.5, 0.6) is 0 Å². The number of halogens is 1. The van der Waals surface area contributed by atoms with Gasteiger partial charge >= 0.3 is 0 Å². The Bertz CT molecular complexity index is 474. The molecule has 0 aromatic heterocycles. The van der Waals surface area contributed by atoms with Crippen molar-refractivity contribution in [2.24, 2.45) is 0 Å². The first-order chi connectivity index (χ1) is 9.36. The summed E-state index contributed by atoms with van der Waals surface area (Å²) in [5.74, 6) is 0.150. The molecule has 1 aliphatic rings. The van der Waals surface area contributed by atoms with Crippen molar-refractivity contribution >= 4 is 17.4 Å². The van der Waals surface area contributed by atoms with Gasteiger partial charge in [-0.25, -0.2) is 0 Å². The Hall–Kier alpha value is -0.900. The van der Waals surface area contributed by atoms with E-state index >= 15 is 0 Å². The molecule has 1 aliphatic heterocycles. The summed E-state index contributed by atoms with van der Waals surface area (Å²) in [6.07, 6.45) is 0. The summed E-state index contributed by atoms with van der Waals surface area (Å²) in [5.41, 5.74) is 0.916. The summed E-state index contributed by atoms with van der Waals surface area (Å²) in [6.45, 7) is 11.1. The SMILES string of the molecule is CC(C)(C)N1CCN(CC(=O)c2cccc(Cl)c2)CC1. The van der Waals surface area contributed by atoms with Crippen molar-refractivity contribution in [3.63, 3.8) is 0 Å². The van der Waals surface area contributed by atoms with Crippen LogP contribution in [0.25, 0.3) is 0 Å². The Morgan fingerprint density at radius 3 is 2.40 bits per heavy atom. The van der Waals surface area contributed by atoms with Crippen LogP contribution in [0, 0.1) is 0 Å². The maximum absolute atomic E-state index is 12.2. The molecule has 0 N–H and O–H groups in total. The molecule has 0 bridgehead atoms. The number of hydrogen-bond acceptors (Lipinski definition) is 3. The fraction of sp³-hybridized carbons (Fsp3) is 0.562. The number of carbonyl (C=O) groups excluding carboxylic acids is 1. The molecule has 110 valence electrons. The first-order valence-electron chi connectivity index (χ1n) is 7.12. The van der Waals surface area contributed by atoms with E-state index in [0.717, 1.165) is 26.2 Å². The highest BCUT2D eigenvalue weighted by Crippen LogP contribution is 2.16. The molecule has 0 aliphatic carbocycles. The van der Waals surface area contributed by atoms with E-state index in [0.29, 0.717) is 17.1 Å². The lowest BCUT2D eigenvalue weighted by molar-refractivity contribution is 0.0579. The Kier molecular flexibility index (Phi) is 4.84. The van der Waals surface area contributed by atoms with Crippen LogP contribution in [0.1, 0.15) is 31.1 Å². The minimum Gasteiger partial charge on any atom is -0.296 e. The number of ketones is 1. The fourth-order valence-corrected chi connectivity index (χ4v) is 2.72. The van der Waals surface area contributed by atoms with Crippen molar-refractivity contribution in [2.45, 2.75) is 26.3 Å². The lowest BCUT2D eigenvalue weighted by Gasteiger charge is -2.42. The zero-order valence-electron chi connectivity index (χ0n) is 12.5. The van der Waals surface area contributed by atoms with Gasteiger partial charge in [0.05, 0.1) is 6.54 Å². The van der Waals surface area contributed by atoms with Crippen LogP contribution in [0.2, 0.25) is 5.02 Å². The molecule has 1 aromatic rings. The molecule has 0 atom stereocenters. The second kappa shape index (κ2) is 6.25. The molecule has 3 nitrogen and oxygen atoms in total. The van der Waals surface area contributed by atoms with Crippen molar-refractivity contribution in [3.05, 3.63) is 34.9 Å². The summed E-state index contributed by atoms with van der Waals surface area (Å²) in [6, 6.07) is 7.20. The number of hydrogen-bond donors (Lipinski definition) is 0. The van der Waals surface area contributed by atoms with Crippen molar-refractivity contribution in [1.29, 1.82) is 0 Å². The molecule has 1 saturated heterocycles. The summed E-state index contributed by atoms with van der Waals surface area (Å²) in [5, 5.41) is 0.619. The number of benzene rings is 1. The third-order valence-corrected chi connectivity index (χ3v) is 4.07. The molecule has 0 spiro atoms. The van der Waals surface area contributed by atoms with Gasteiger partial charge in [0, 0.05) is 42.3 Å². The van der Waals surface area contributed by atoms with Crippen LogP contribution in [0.3, 0.4) is 0 Å². The van der Waals surface area contributed by atoms with Crippen LogP contribution < -0.4 is 0 Å². The van der Waals surface area contributed by atoms with Crippen LogP contribution in [0.4, 0.5) is 0 Å². The minimum absolute atomic E-state index is 0.150. The molecule has 0 amide bonds. The topological polar surface area (TPSA) is 23.6 Å². The molecule has 4 heteroatoms. The van der Waals surface area contributed by atoms with Gasteiger partial charge < -0.3 is 0 Å². The average Bonchev–Trinajstić information content (AvgIpc) is 2.38. The van der Waals surface area contributed by atoms with Crippen molar-refractivity contribution in [3.8, 4) is 0 Å². The predicted molar refractivity (Wildman–Crippen MR) is 83.5 cm³/mol. The van der Waals surface area contributed by atoms with E-state index in [1.54, 1.807) is 12.1 Å². The number of piperazine rings is 1. The van der Waals surface area contributed by atoms with E-state index in [9.17, 15) is 4.79 Å². The molecule has 1 aromatic carbocycles. The summed E-state index contributed by atoms with van der Waals surface area (Å²) in [7, 11) is 0. The van der Waals surface area contributed by atoms with E-state index in [1.807, 2.05) is 12.1 Å². The number of Topliss-reactive ketones (excluding diaryl/α,β-unsaturated/α-hetero) is 1. The van der Waals surface area contributed by atoms with Crippen molar-refractivity contribution in [1.82, 2.24) is 9.80 Å². The number of rotatable bonds is 3. The molecule has 2 rings (SSSR count). The maximum Gasteiger partial charge on any atom is 0.176 e. The molecule has 0 unspecified atom stereocenters. The van der Waals surface area contributed by atoms with Gasteiger partial charge in [0.25, 0.3) is 0 Å². The van der Waals surface area contributed by atoms with E-state index < -0.39 is 0 Å². The first-order valence-corrected chi connectivity index (χ1v) is 7.50. The van der Waals surface area contributed by atoms with Crippen LogP contribution in [0.15, 0.2) is 24.3 Å². The molecule has 0 saturated carbocycles. The largest absolute Gasteiger partial charge is 0.296 e. The minimum atomic E-state index is 0.150. The summed E-state index contributed by atoms with van der Waals surface area (Å²) >= 11 is 5.93. The van der Waals surface area contributed by atoms with Gasteiger partial charge in [-0.15, -0.1) is 0 Å². The molecule has 0 radical (unpaired) electrons. The van der Waals surface area contributed by atoms with Gasteiger partial charge in [0.2, 0.25) is 0 Å². The van der Waals surface area contributed by atoms with Crippen LogP contribution >= 0.6 is 11.6 Å². The van der Waals surface area contributed by atoms with E-state index in [4.69, 9.17) is 11.6 Å². The standard InChI is InChI=1S/C16H23ClN2O/c1-16(2,3)19-9-7-18(8-10-19)12-15(20)13-5-4-6-14(17)11-13/h4-6,11H,7-10,12H2,1-3H3. The Balaban J connectivity index is 1.88. The molecule has 1 heterocycles. The lowest BCUT2D eigenvalue weighted by Crippen LogP contribution is -2.54. The molecular weight excluding hydrogens is 272 g/mol. The zero-order valence-corrected chi connectivity index (χ0v) is 13.3. The number of carbonyl (C=O) groups is 1. The third-order valence-electron chi connectivity index (χ3n) is 3.83. The smallest absolute Gasteiger partial charge is 0.176 e. The average molecular weight is 295 g/mol. The first kappa shape index (κ1) is 15.5. The summed E-state index contributed by atoms with van der Waals surface area (Å²) in [4.78, 5) is 16.9. The third kappa shape index (κ3) is 4.05. The highest BCUT2D eigenvalue weighted by atomic mass is 35.5. The van der Waals surface area contributed by atoms with E-state index in [1.165, 1.54) is 0 Å². The lowest BCUT2D eigenvalue weighted by atomic mass is 10.0.